The fraction of sp³-hybridized carbons (Fsp3) is 0.143. The largest absolute Gasteiger partial charge is 0.358 e. The summed E-state index contributed by atoms with van der Waals surface area (Å²) >= 11 is 1.76. The molecule has 0 bridgehead atoms. The molecule has 0 N–H and O–H groups in total. The summed E-state index contributed by atoms with van der Waals surface area (Å²) in [6.07, 6.45) is 0.0960. The van der Waals surface area contributed by atoms with E-state index in [0.29, 0.717) is 0 Å². The van der Waals surface area contributed by atoms with Crippen LogP contribution in [0.4, 0.5) is 0 Å². The standard InChI is InChI=1S/C14H12OS/c1-2-6-11(7-3-1)14-12-8-4-5-9-13(12)16-10-15-14/h1-9,14H,10H2/t14-/m1/s1. The molecular formula is C14H12OS. The smallest absolute Gasteiger partial charge is 0.110 e. The van der Waals surface area contributed by atoms with E-state index in [1.807, 2.05) is 6.07 Å². The third-order valence-corrected chi connectivity index (χ3v) is 3.69. The van der Waals surface area contributed by atoms with Crippen molar-refractivity contribution in [3.8, 4) is 0 Å². The van der Waals surface area contributed by atoms with Gasteiger partial charge in [0, 0.05) is 4.90 Å². The minimum absolute atomic E-state index is 0.0960. The number of thioether (sulfide) groups is 1. The van der Waals surface area contributed by atoms with Crippen molar-refractivity contribution in [2.75, 3.05) is 5.94 Å². The van der Waals surface area contributed by atoms with Crippen LogP contribution in [0.25, 0.3) is 0 Å². The van der Waals surface area contributed by atoms with Gasteiger partial charge < -0.3 is 4.74 Å². The second-order valence-electron chi connectivity index (χ2n) is 3.76. The monoisotopic (exact) mass is 228 g/mol. The second kappa shape index (κ2) is 4.32. The van der Waals surface area contributed by atoms with Gasteiger partial charge in [0.05, 0.1) is 5.94 Å². The van der Waals surface area contributed by atoms with E-state index in [1.54, 1.807) is 11.8 Å². The first kappa shape index (κ1) is 9.94. The first-order valence-electron chi connectivity index (χ1n) is 5.33. The van der Waals surface area contributed by atoms with E-state index in [9.17, 15) is 0 Å². The topological polar surface area (TPSA) is 9.23 Å². The lowest BCUT2D eigenvalue weighted by Crippen LogP contribution is -2.11. The average Bonchev–Trinajstić information content (AvgIpc) is 2.39. The van der Waals surface area contributed by atoms with Gasteiger partial charge >= 0.3 is 0 Å². The molecule has 16 heavy (non-hydrogen) atoms. The highest BCUT2D eigenvalue weighted by Crippen LogP contribution is 2.38. The molecule has 2 aromatic rings. The molecule has 1 atom stereocenters. The molecule has 0 aromatic heterocycles. The Morgan fingerprint density at radius 2 is 1.69 bits per heavy atom. The SMILES string of the molecule is c1ccc([C@H]2OCSc3ccccc32)cc1. The first-order valence-corrected chi connectivity index (χ1v) is 6.32. The summed E-state index contributed by atoms with van der Waals surface area (Å²) in [6.45, 7) is 0. The van der Waals surface area contributed by atoms with E-state index in [-0.39, 0.29) is 6.10 Å². The van der Waals surface area contributed by atoms with Crippen LogP contribution >= 0.6 is 11.8 Å². The Morgan fingerprint density at radius 1 is 0.938 bits per heavy atom. The van der Waals surface area contributed by atoms with Crippen LogP contribution in [0, 0.1) is 0 Å². The van der Waals surface area contributed by atoms with Crippen LogP contribution in [0.5, 0.6) is 0 Å². The van der Waals surface area contributed by atoms with Gasteiger partial charge in [-0.2, -0.15) is 0 Å². The Kier molecular flexibility index (Phi) is 2.68. The molecule has 0 fully saturated rings. The summed E-state index contributed by atoms with van der Waals surface area (Å²) in [7, 11) is 0. The van der Waals surface area contributed by atoms with Crippen LogP contribution in [0.3, 0.4) is 0 Å². The zero-order chi connectivity index (χ0) is 10.8. The van der Waals surface area contributed by atoms with Crippen molar-refractivity contribution >= 4 is 11.8 Å². The predicted octanol–water partition coefficient (Wildman–Crippen LogP) is 3.86. The molecule has 1 aliphatic rings. The zero-order valence-electron chi connectivity index (χ0n) is 8.80. The molecule has 0 aliphatic carbocycles. The lowest BCUT2D eigenvalue weighted by molar-refractivity contribution is 0.115. The zero-order valence-corrected chi connectivity index (χ0v) is 9.61. The predicted molar refractivity (Wildman–Crippen MR) is 66.5 cm³/mol. The summed E-state index contributed by atoms with van der Waals surface area (Å²) in [5.74, 6) is 0.733. The van der Waals surface area contributed by atoms with Gasteiger partial charge in [0.2, 0.25) is 0 Å². The Bertz CT molecular complexity index is 481. The minimum atomic E-state index is 0.0960. The number of hydrogen-bond donors (Lipinski definition) is 0. The summed E-state index contributed by atoms with van der Waals surface area (Å²) in [6, 6.07) is 18.9. The lowest BCUT2D eigenvalue weighted by atomic mass is 10.0. The summed E-state index contributed by atoms with van der Waals surface area (Å²) in [5, 5.41) is 0. The third kappa shape index (κ3) is 1.75. The van der Waals surface area contributed by atoms with Crippen LogP contribution in [0.1, 0.15) is 17.2 Å². The quantitative estimate of drug-likeness (QED) is 0.733. The molecule has 1 nitrogen and oxygen atoms in total. The van der Waals surface area contributed by atoms with E-state index < -0.39 is 0 Å². The van der Waals surface area contributed by atoms with Gasteiger partial charge in [0.25, 0.3) is 0 Å². The Morgan fingerprint density at radius 3 is 2.56 bits per heavy atom. The molecule has 0 unspecified atom stereocenters. The molecule has 0 saturated carbocycles. The maximum atomic E-state index is 5.85. The van der Waals surface area contributed by atoms with Gasteiger partial charge in [0.1, 0.15) is 6.10 Å². The van der Waals surface area contributed by atoms with Crippen molar-refractivity contribution in [1.82, 2.24) is 0 Å². The number of hydrogen-bond acceptors (Lipinski definition) is 2. The third-order valence-electron chi connectivity index (χ3n) is 2.75. The van der Waals surface area contributed by atoms with Gasteiger partial charge in [-0.3, -0.25) is 0 Å². The molecule has 0 amide bonds. The van der Waals surface area contributed by atoms with Crippen LogP contribution in [0.2, 0.25) is 0 Å². The minimum Gasteiger partial charge on any atom is -0.358 e. The van der Waals surface area contributed by atoms with Crippen molar-refractivity contribution in [2.45, 2.75) is 11.0 Å². The van der Waals surface area contributed by atoms with Crippen molar-refractivity contribution in [2.24, 2.45) is 0 Å². The molecule has 1 heterocycles. The molecule has 0 radical (unpaired) electrons. The maximum Gasteiger partial charge on any atom is 0.110 e. The normalized spacial score (nSPS) is 19.1. The van der Waals surface area contributed by atoms with E-state index in [0.717, 1.165) is 5.94 Å². The molecule has 0 spiro atoms. The summed E-state index contributed by atoms with van der Waals surface area (Å²) in [4.78, 5) is 1.34. The van der Waals surface area contributed by atoms with Crippen molar-refractivity contribution in [3.05, 3.63) is 65.7 Å². The van der Waals surface area contributed by atoms with Crippen molar-refractivity contribution < 1.29 is 4.74 Å². The fourth-order valence-corrected chi connectivity index (χ4v) is 2.84. The van der Waals surface area contributed by atoms with Crippen molar-refractivity contribution in [1.29, 1.82) is 0 Å². The molecular weight excluding hydrogens is 216 g/mol. The van der Waals surface area contributed by atoms with Crippen molar-refractivity contribution in [3.63, 3.8) is 0 Å². The van der Waals surface area contributed by atoms with Gasteiger partial charge in [0.15, 0.2) is 0 Å². The van der Waals surface area contributed by atoms with Crippen LogP contribution < -0.4 is 0 Å². The molecule has 2 heteroatoms. The van der Waals surface area contributed by atoms with Gasteiger partial charge in [-0.25, -0.2) is 0 Å². The summed E-state index contributed by atoms with van der Waals surface area (Å²) < 4.78 is 5.85. The second-order valence-corrected chi connectivity index (χ2v) is 4.72. The Labute approximate surface area is 99.4 Å². The molecule has 0 saturated heterocycles. The molecule has 80 valence electrons. The first-order chi connectivity index (χ1) is 7.95. The fourth-order valence-electron chi connectivity index (χ4n) is 1.99. The van der Waals surface area contributed by atoms with Crippen LogP contribution in [0.15, 0.2) is 59.5 Å². The Hall–Kier alpha value is -1.25. The maximum absolute atomic E-state index is 5.85. The summed E-state index contributed by atoms with van der Waals surface area (Å²) in [5.41, 5.74) is 2.51. The van der Waals surface area contributed by atoms with E-state index in [2.05, 4.69) is 48.5 Å². The number of benzene rings is 2. The lowest BCUT2D eigenvalue weighted by Gasteiger charge is -2.25. The molecule has 3 rings (SSSR count). The average molecular weight is 228 g/mol. The van der Waals surface area contributed by atoms with Crippen LogP contribution in [-0.2, 0) is 4.74 Å². The van der Waals surface area contributed by atoms with E-state index in [4.69, 9.17) is 4.74 Å². The Balaban J connectivity index is 2.05. The number of ether oxygens (including phenoxy) is 1. The van der Waals surface area contributed by atoms with Gasteiger partial charge in [-0.05, 0) is 17.2 Å². The molecule has 1 aliphatic heterocycles. The van der Waals surface area contributed by atoms with E-state index >= 15 is 0 Å². The molecule has 2 aromatic carbocycles. The van der Waals surface area contributed by atoms with Crippen LogP contribution in [-0.4, -0.2) is 5.94 Å². The highest BCUT2D eigenvalue weighted by Gasteiger charge is 2.21. The van der Waals surface area contributed by atoms with Gasteiger partial charge in [-0.1, -0.05) is 60.3 Å². The van der Waals surface area contributed by atoms with E-state index in [1.165, 1.54) is 16.0 Å². The number of fused-ring (bicyclic) bond motifs is 1. The highest BCUT2D eigenvalue weighted by atomic mass is 32.2. The highest BCUT2D eigenvalue weighted by molar-refractivity contribution is 7.99. The van der Waals surface area contributed by atoms with Gasteiger partial charge in [-0.15, -0.1) is 0 Å². The number of rotatable bonds is 1.